The Kier molecular flexibility index (Phi) is 7.04. The van der Waals surface area contributed by atoms with Gasteiger partial charge in [-0.3, -0.25) is 4.79 Å². The van der Waals surface area contributed by atoms with E-state index in [1.165, 1.54) is 12.1 Å². The molecule has 30 heavy (non-hydrogen) atoms. The first kappa shape index (κ1) is 22.6. The predicted octanol–water partition coefficient (Wildman–Crippen LogP) is 2.64. The molecular weight excluding hydrogens is 442 g/mol. The van der Waals surface area contributed by atoms with E-state index in [0.717, 1.165) is 28.6 Å². The number of hydrogen-bond acceptors (Lipinski definition) is 5. The summed E-state index contributed by atoms with van der Waals surface area (Å²) >= 11 is 5.68. The molecule has 7 nitrogen and oxygen atoms in total. The largest absolute Gasteiger partial charge is 0.392 e. The molecule has 2 aromatic rings. The van der Waals surface area contributed by atoms with E-state index in [2.05, 4.69) is 5.32 Å². The average Bonchev–Trinajstić information content (AvgIpc) is 2.67. The fourth-order valence-corrected chi connectivity index (χ4v) is 4.61. The zero-order chi connectivity index (χ0) is 21.9. The lowest BCUT2D eigenvalue weighted by molar-refractivity contribution is 0.0423. The molecule has 1 atom stereocenters. The molecule has 162 valence electrons. The molecule has 0 saturated carbocycles. The number of carbonyl (C=O) groups excluding carboxylic acids is 1. The number of aliphatic hydroxyl groups is 1. The van der Waals surface area contributed by atoms with Gasteiger partial charge in [-0.1, -0.05) is 11.6 Å². The molecule has 1 fully saturated rings. The summed E-state index contributed by atoms with van der Waals surface area (Å²) < 4.78 is 59.7. The Balaban J connectivity index is 1.87. The second-order valence-corrected chi connectivity index (χ2v) is 8.96. The number of rotatable bonds is 4. The van der Waals surface area contributed by atoms with E-state index in [1.54, 1.807) is 0 Å². The summed E-state index contributed by atoms with van der Waals surface area (Å²) in [5.74, 6) is -2.43. The molecule has 0 spiro atoms. The lowest BCUT2D eigenvalue weighted by Gasteiger charge is -2.27. The number of carbonyl (C=O) groups is 1. The van der Waals surface area contributed by atoms with Crippen molar-refractivity contribution in [3.63, 3.8) is 0 Å². The van der Waals surface area contributed by atoms with E-state index in [1.807, 2.05) is 0 Å². The normalized spacial score (nSPS) is 18.5. The number of benzene rings is 2. The number of anilines is 1. The Labute approximate surface area is 177 Å². The van der Waals surface area contributed by atoms with Crippen LogP contribution in [-0.2, 0) is 14.8 Å². The van der Waals surface area contributed by atoms with E-state index >= 15 is 0 Å². The quantitative estimate of drug-likeness (QED) is 0.731. The van der Waals surface area contributed by atoms with Crippen LogP contribution in [0.1, 0.15) is 16.8 Å². The SMILES string of the molecule is O=C(Nc1ccc(F)c(Cl)c1)c1ccc(F)c(S(=O)(=O)N2CCOCC[C@H](O)C2)c1. The van der Waals surface area contributed by atoms with Gasteiger partial charge in [-0.15, -0.1) is 0 Å². The van der Waals surface area contributed by atoms with Crippen LogP contribution in [-0.4, -0.2) is 56.1 Å². The molecule has 0 aliphatic carbocycles. The number of nitrogens with zero attached hydrogens (tertiary/aromatic N) is 1. The number of β-amino-alcohol motifs (C(OH)–C–C–N with tert-alkyl or cyclic N) is 1. The van der Waals surface area contributed by atoms with Crippen LogP contribution in [0.15, 0.2) is 41.3 Å². The highest BCUT2D eigenvalue weighted by Crippen LogP contribution is 2.24. The Bertz CT molecular complexity index is 1050. The topological polar surface area (TPSA) is 95.9 Å². The van der Waals surface area contributed by atoms with Crippen molar-refractivity contribution in [2.45, 2.75) is 17.4 Å². The van der Waals surface area contributed by atoms with Gasteiger partial charge in [-0.05, 0) is 42.8 Å². The minimum Gasteiger partial charge on any atom is -0.392 e. The lowest BCUT2D eigenvalue weighted by atomic mass is 10.2. The Morgan fingerprint density at radius 3 is 2.63 bits per heavy atom. The fraction of sp³-hybridized carbons (Fsp3) is 0.316. The van der Waals surface area contributed by atoms with Crippen molar-refractivity contribution in [3.05, 3.63) is 58.6 Å². The highest BCUT2D eigenvalue weighted by Gasteiger charge is 2.31. The zero-order valence-electron chi connectivity index (χ0n) is 15.6. The second-order valence-electron chi connectivity index (χ2n) is 6.65. The highest BCUT2D eigenvalue weighted by atomic mass is 35.5. The van der Waals surface area contributed by atoms with Gasteiger partial charge in [0.2, 0.25) is 10.0 Å². The molecular formula is C19H19ClF2N2O5S. The molecule has 0 radical (unpaired) electrons. The van der Waals surface area contributed by atoms with Crippen LogP contribution in [0.5, 0.6) is 0 Å². The van der Waals surface area contributed by atoms with E-state index in [4.69, 9.17) is 16.3 Å². The summed E-state index contributed by atoms with van der Waals surface area (Å²) in [7, 11) is -4.34. The number of hydrogen-bond donors (Lipinski definition) is 2. The molecule has 1 aliphatic rings. The van der Waals surface area contributed by atoms with Gasteiger partial charge in [-0.2, -0.15) is 4.31 Å². The van der Waals surface area contributed by atoms with Crippen molar-refractivity contribution in [1.29, 1.82) is 0 Å². The molecule has 0 unspecified atom stereocenters. The number of ether oxygens (including phenoxy) is 1. The molecule has 3 rings (SSSR count). The third-order valence-electron chi connectivity index (χ3n) is 4.48. The van der Waals surface area contributed by atoms with E-state index < -0.39 is 38.6 Å². The monoisotopic (exact) mass is 460 g/mol. The van der Waals surface area contributed by atoms with Crippen LogP contribution < -0.4 is 5.32 Å². The van der Waals surface area contributed by atoms with Crippen molar-refractivity contribution in [2.24, 2.45) is 0 Å². The third-order valence-corrected chi connectivity index (χ3v) is 6.65. The van der Waals surface area contributed by atoms with Gasteiger partial charge in [0.05, 0.1) is 17.7 Å². The maximum absolute atomic E-state index is 14.4. The van der Waals surface area contributed by atoms with E-state index in [-0.39, 0.29) is 42.4 Å². The third kappa shape index (κ3) is 5.13. The van der Waals surface area contributed by atoms with E-state index in [0.29, 0.717) is 6.61 Å². The van der Waals surface area contributed by atoms with Crippen LogP contribution in [0.25, 0.3) is 0 Å². The maximum Gasteiger partial charge on any atom is 0.255 e. The van der Waals surface area contributed by atoms with Crippen molar-refractivity contribution in [1.82, 2.24) is 4.31 Å². The predicted molar refractivity (Wildman–Crippen MR) is 106 cm³/mol. The minimum atomic E-state index is -4.34. The molecule has 2 N–H and O–H groups in total. The number of halogens is 3. The lowest BCUT2D eigenvalue weighted by Crippen LogP contribution is -2.42. The summed E-state index contributed by atoms with van der Waals surface area (Å²) in [5, 5.41) is 12.2. The van der Waals surface area contributed by atoms with Crippen molar-refractivity contribution < 1.29 is 31.8 Å². The summed E-state index contributed by atoms with van der Waals surface area (Å²) in [4.78, 5) is 11.8. The van der Waals surface area contributed by atoms with Gasteiger partial charge < -0.3 is 15.2 Å². The number of nitrogens with one attached hydrogen (secondary N) is 1. The number of sulfonamides is 1. The molecule has 0 aromatic heterocycles. The zero-order valence-corrected chi connectivity index (χ0v) is 17.2. The van der Waals surface area contributed by atoms with E-state index in [9.17, 15) is 27.1 Å². The number of amides is 1. The van der Waals surface area contributed by atoms with Crippen molar-refractivity contribution in [2.75, 3.05) is 31.6 Å². The first-order valence-corrected chi connectivity index (χ1v) is 10.8. The van der Waals surface area contributed by atoms with Crippen LogP contribution >= 0.6 is 11.6 Å². The number of aliphatic hydroxyl groups excluding tert-OH is 1. The molecule has 2 aromatic carbocycles. The van der Waals surface area contributed by atoms with Crippen LogP contribution in [0.3, 0.4) is 0 Å². The summed E-state index contributed by atoms with van der Waals surface area (Å²) in [6.45, 7) is 0.116. The highest BCUT2D eigenvalue weighted by molar-refractivity contribution is 7.89. The average molecular weight is 461 g/mol. The minimum absolute atomic E-state index is 0.0661. The van der Waals surface area contributed by atoms with Crippen LogP contribution in [0.2, 0.25) is 5.02 Å². The van der Waals surface area contributed by atoms with Gasteiger partial charge in [0.1, 0.15) is 16.5 Å². The standard InChI is InChI=1S/C19H19ClF2N2O5S/c20-15-10-13(2-4-16(15)21)23-19(26)12-1-3-17(22)18(9-12)30(27,28)24-6-8-29-7-5-14(25)11-24/h1-4,9-10,14,25H,5-8,11H2,(H,23,26)/t14-/m0/s1. The molecule has 1 heterocycles. The fourth-order valence-electron chi connectivity index (χ4n) is 2.88. The van der Waals surface area contributed by atoms with Crippen molar-refractivity contribution >= 4 is 33.2 Å². The van der Waals surface area contributed by atoms with Gasteiger partial charge >= 0.3 is 0 Å². The summed E-state index contributed by atoms with van der Waals surface area (Å²) in [5.41, 5.74) is 0.0587. The molecule has 1 aliphatic heterocycles. The summed E-state index contributed by atoms with van der Waals surface area (Å²) in [6, 6.07) is 6.45. The van der Waals surface area contributed by atoms with Gasteiger partial charge in [0.15, 0.2) is 0 Å². The van der Waals surface area contributed by atoms with Crippen LogP contribution in [0, 0.1) is 11.6 Å². The molecule has 0 bridgehead atoms. The van der Waals surface area contributed by atoms with Gasteiger partial charge in [0.25, 0.3) is 5.91 Å². The first-order valence-electron chi connectivity index (χ1n) is 9.00. The molecule has 1 amide bonds. The second kappa shape index (κ2) is 9.36. The van der Waals surface area contributed by atoms with Gasteiger partial charge in [-0.25, -0.2) is 17.2 Å². The Hall–Kier alpha value is -2.11. The summed E-state index contributed by atoms with van der Waals surface area (Å²) in [6.07, 6.45) is -0.713. The van der Waals surface area contributed by atoms with Crippen LogP contribution in [0.4, 0.5) is 14.5 Å². The van der Waals surface area contributed by atoms with Gasteiger partial charge in [0, 0.05) is 30.9 Å². The molecule has 11 heteroatoms. The van der Waals surface area contributed by atoms with Crippen molar-refractivity contribution in [3.8, 4) is 0 Å². The maximum atomic E-state index is 14.4. The molecule has 1 saturated heterocycles. The first-order chi connectivity index (χ1) is 14.2. The smallest absolute Gasteiger partial charge is 0.255 e. The Morgan fingerprint density at radius 1 is 1.17 bits per heavy atom. The Morgan fingerprint density at radius 2 is 1.90 bits per heavy atom.